The van der Waals surface area contributed by atoms with Gasteiger partial charge >= 0.3 is 0 Å². The van der Waals surface area contributed by atoms with Crippen molar-refractivity contribution >= 4 is 0 Å². The highest BCUT2D eigenvalue weighted by atomic mass is 16.3. The maximum absolute atomic E-state index is 9.25. The van der Waals surface area contributed by atoms with Crippen molar-refractivity contribution < 1.29 is 5.11 Å². The SMILES string of the molecule is CC(=CCC[C@@H](C)[C@H]1CC[C@H]2[C@@H]3CC=C4CCCC[C@]4(C)[C@H]3CC[C@]12C)CO. The van der Waals surface area contributed by atoms with Crippen LogP contribution in [0.2, 0.25) is 0 Å². The van der Waals surface area contributed by atoms with Crippen LogP contribution in [0, 0.1) is 40.4 Å². The Morgan fingerprint density at radius 3 is 2.79 bits per heavy atom. The Hall–Kier alpha value is -0.560. The van der Waals surface area contributed by atoms with Gasteiger partial charge in [-0.1, -0.05) is 50.5 Å². The van der Waals surface area contributed by atoms with Crippen LogP contribution in [0.5, 0.6) is 0 Å². The number of fused-ring (bicyclic) bond motifs is 5. The maximum atomic E-state index is 9.25. The van der Waals surface area contributed by atoms with Crippen molar-refractivity contribution in [2.75, 3.05) is 6.61 Å². The monoisotopic (exact) mass is 384 g/mol. The van der Waals surface area contributed by atoms with Crippen LogP contribution < -0.4 is 0 Å². The molecule has 4 rings (SSSR count). The number of hydrogen-bond donors (Lipinski definition) is 1. The van der Waals surface area contributed by atoms with Gasteiger partial charge in [0.05, 0.1) is 6.61 Å². The summed E-state index contributed by atoms with van der Waals surface area (Å²) < 4.78 is 0. The molecule has 4 aliphatic carbocycles. The molecule has 0 aromatic carbocycles. The van der Waals surface area contributed by atoms with Crippen LogP contribution >= 0.6 is 0 Å². The lowest BCUT2D eigenvalue weighted by Crippen LogP contribution is -2.50. The first-order valence-electron chi connectivity index (χ1n) is 12.4. The first-order valence-corrected chi connectivity index (χ1v) is 12.4. The van der Waals surface area contributed by atoms with Crippen LogP contribution in [-0.2, 0) is 0 Å². The summed E-state index contributed by atoms with van der Waals surface area (Å²) in [5.74, 6) is 4.61. The number of aliphatic hydroxyl groups is 1. The predicted molar refractivity (Wildman–Crippen MR) is 119 cm³/mol. The molecule has 0 radical (unpaired) electrons. The van der Waals surface area contributed by atoms with Gasteiger partial charge in [0.2, 0.25) is 0 Å². The van der Waals surface area contributed by atoms with Crippen LogP contribution in [0.25, 0.3) is 0 Å². The second kappa shape index (κ2) is 7.93. The van der Waals surface area contributed by atoms with E-state index in [1.807, 2.05) is 5.57 Å². The van der Waals surface area contributed by atoms with E-state index in [0.717, 1.165) is 41.6 Å². The highest BCUT2D eigenvalue weighted by Crippen LogP contribution is 2.67. The van der Waals surface area contributed by atoms with Crippen molar-refractivity contribution in [3.05, 3.63) is 23.3 Å². The van der Waals surface area contributed by atoms with Crippen LogP contribution in [0.15, 0.2) is 23.3 Å². The Balaban J connectivity index is 1.48. The standard InChI is InChI=1S/C27H44O/c1-19(18-28)8-7-9-20(2)23-13-14-24-22-12-11-21-10-5-6-16-26(21,3)25(22)15-17-27(23,24)4/h8,11,20,22-25,28H,5-7,9-10,12-18H2,1-4H3/t20-,22+,23-,24+,25+,26+,27-/m1/s1. The van der Waals surface area contributed by atoms with Crippen molar-refractivity contribution in [3.8, 4) is 0 Å². The van der Waals surface area contributed by atoms with Gasteiger partial charge in [-0.05, 0) is 112 Å². The third-order valence-electron chi connectivity index (χ3n) is 10.1. The molecule has 1 N–H and O–H groups in total. The average molecular weight is 385 g/mol. The normalized spacial score (nSPS) is 44.3. The summed E-state index contributed by atoms with van der Waals surface area (Å²) in [6.07, 6.45) is 20.4. The van der Waals surface area contributed by atoms with Crippen molar-refractivity contribution in [1.82, 2.24) is 0 Å². The van der Waals surface area contributed by atoms with E-state index in [1.165, 1.54) is 64.2 Å². The molecule has 0 aliphatic heterocycles. The first-order chi connectivity index (χ1) is 13.4. The number of aliphatic hydroxyl groups excluding tert-OH is 1. The van der Waals surface area contributed by atoms with Crippen LogP contribution in [0.1, 0.15) is 98.3 Å². The van der Waals surface area contributed by atoms with Crippen molar-refractivity contribution in [2.24, 2.45) is 40.4 Å². The lowest BCUT2D eigenvalue weighted by molar-refractivity contribution is -0.0498. The van der Waals surface area contributed by atoms with E-state index < -0.39 is 0 Å². The van der Waals surface area contributed by atoms with Gasteiger partial charge in [0.15, 0.2) is 0 Å². The molecule has 0 aromatic heterocycles. The molecular formula is C27H44O. The molecule has 0 spiro atoms. The maximum Gasteiger partial charge on any atom is 0.0639 e. The lowest BCUT2D eigenvalue weighted by atomic mass is 9.47. The Bertz CT molecular complexity index is 630. The summed E-state index contributed by atoms with van der Waals surface area (Å²) in [7, 11) is 0. The molecule has 4 aliphatic rings. The van der Waals surface area contributed by atoms with Gasteiger partial charge in [0.1, 0.15) is 0 Å². The Morgan fingerprint density at radius 1 is 1.18 bits per heavy atom. The summed E-state index contributed by atoms with van der Waals surface area (Å²) in [6.45, 7) is 10.1. The quantitative estimate of drug-likeness (QED) is 0.493. The van der Waals surface area contributed by atoms with Gasteiger partial charge in [-0.15, -0.1) is 0 Å². The highest BCUT2D eigenvalue weighted by Gasteiger charge is 2.58. The van der Waals surface area contributed by atoms with Gasteiger partial charge < -0.3 is 5.11 Å². The molecule has 28 heavy (non-hydrogen) atoms. The van der Waals surface area contributed by atoms with Gasteiger partial charge in [-0.25, -0.2) is 0 Å². The minimum Gasteiger partial charge on any atom is -0.392 e. The minimum atomic E-state index is 0.217. The molecular weight excluding hydrogens is 340 g/mol. The van der Waals surface area contributed by atoms with E-state index in [0.29, 0.717) is 10.8 Å². The van der Waals surface area contributed by atoms with Crippen LogP contribution in [0.4, 0.5) is 0 Å². The molecule has 3 fully saturated rings. The summed E-state index contributed by atoms with van der Waals surface area (Å²) in [4.78, 5) is 0. The number of rotatable bonds is 5. The summed E-state index contributed by atoms with van der Waals surface area (Å²) in [5, 5.41) is 9.25. The van der Waals surface area contributed by atoms with Gasteiger partial charge in [-0.2, -0.15) is 0 Å². The minimum absolute atomic E-state index is 0.217. The average Bonchev–Trinajstić information content (AvgIpc) is 3.04. The number of hydrogen-bond acceptors (Lipinski definition) is 1. The highest BCUT2D eigenvalue weighted by molar-refractivity contribution is 5.24. The van der Waals surface area contributed by atoms with E-state index in [-0.39, 0.29) is 6.61 Å². The molecule has 158 valence electrons. The molecule has 0 aromatic rings. The zero-order chi connectivity index (χ0) is 19.9. The summed E-state index contributed by atoms with van der Waals surface area (Å²) in [5.41, 5.74) is 4.09. The predicted octanol–water partition coefficient (Wildman–Crippen LogP) is 7.31. The fourth-order valence-electron chi connectivity index (χ4n) is 8.53. The van der Waals surface area contributed by atoms with Crippen LogP contribution in [0.3, 0.4) is 0 Å². The molecule has 0 saturated heterocycles. The van der Waals surface area contributed by atoms with E-state index in [9.17, 15) is 5.11 Å². The second-order valence-corrected chi connectivity index (χ2v) is 11.5. The van der Waals surface area contributed by atoms with E-state index >= 15 is 0 Å². The molecule has 3 saturated carbocycles. The lowest BCUT2D eigenvalue weighted by Gasteiger charge is -2.58. The van der Waals surface area contributed by atoms with Crippen molar-refractivity contribution in [3.63, 3.8) is 0 Å². The smallest absolute Gasteiger partial charge is 0.0639 e. The summed E-state index contributed by atoms with van der Waals surface area (Å²) >= 11 is 0. The molecule has 0 heterocycles. The Labute approximate surface area is 174 Å². The summed E-state index contributed by atoms with van der Waals surface area (Å²) in [6, 6.07) is 0. The van der Waals surface area contributed by atoms with Gasteiger partial charge in [-0.3, -0.25) is 0 Å². The molecule has 0 unspecified atom stereocenters. The Kier molecular flexibility index (Phi) is 5.87. The van der Waals surface area contributed by atoms with Gasteiger partial charge in [0.25, 0.3) is 0 Å². The second-order valence-electron chi connectivity index (χ2n) is 11.5. The number of allylic oxidation sites excluding steroid dienone is 3. The van der Waals surface area contributed by atoms with Crippen molar-refractivity contribution in [2.45, 2.75) is 98.3 Å². The fraction of sp³-hybridized carbons (Fsp3) is 0.852. The molecule has 0 amide bonds. The molecule has 0 bridgehead atoms. The van der Waals surface area contributed by atoms with Gasteiger partial charge in [0, 0.05) is 0 Å². The van der Waals surface area contributed by atoms with E-state index in [2.05, 4.69) is 39.8 Å². The molecule has 1 heteroatoms. The third kappa shape index (κ3) is 3.34. The third-order valence-corrected chi connectivity index (χ3v) is 10.1. The van der Waals surface area contributed by atoms with Crippen molar-refractivity contribution in [1.29, 1.82) is 0 Å². The fourth-order valence-corrected chi connectivity index (χ4v) is 8.53. The zero-order valence-corrected chi connectivity index (χ0v) is 19.0. The van der Waals surface area contributed by atoms with Crippen LogP contribution in [-0.4, -0.2) is 11.7 Å². The van der Waals surface area contributed by atoms with E-state index in [4.69, 9.17) is 0 Å². The topological polar surface area (TPSA) is 20.2 Å². The molecule has 1 nitrogen and oxygen atoms in total. The zero-order valence-electron chi connectivity index (χ0n) is 19.0. The largest absolute Gasteiger partial charge is 0.392 e. The first kappa shape index (κ1) is 20.7. The molecule has 7 atom stereocenters. The van der Waals surface area contributed by atoms with E-state index in [1.54, 1.807) is 0 Å². The Morgan fingerprint density at radius 2 is 2.00 bits per heavy atom.